The molecule has 2 aromatic heterocycles. The molecule has 3 rings (SSSR count). The second-order valence-electron chi connectivity index (χ2n) is 5.19. The topological polar surface area (TPSA) is 94.1 Å². The van der Waals surface area contributed by atoms with E-state index in [2.05, 4.69) is 9.97 Å². The maximum atomic E-state index is 12.2. The predicted molar refractivity (Wildman–Crippen MR) is 94.4 cm³/mol. The van der Waals surface area contributed by atoms with E-state index in [1.54, 1.807) is 18.2 Å². The van der Waals surface area contributed by atoms with Crippen molar-refractivity contribution in [2.75, 3.05) is 7.11 Å². The molecule has 0 aliphatic carbocycles. The largest absolute Gasteiger partial charge is 0.465 e. The van der Waals surface area contributed by atoms with Gasteiger partial charge in [0.15, 0.2) is 5.65 Å². The zero-order valence-corrected chi connectivity index (χ0v) is 14.6. The molecule has 0 aliphatic heterocycles. The van der Waals surface area contributed by atoms with Gasteiger partial charge in [-0.25, -0.2) is 14.6 Å². The fraction of sp³-hybridized carbons (Fsp3) is 0.125. The number of halogens is 2. The Morgan fingerprint density at radius 3 is 2.56 bits per heavy atom. The summed E-state index contributed by atoms with van der Waals surface area (Å²) in [6.07, 6.45) is 0. The summed E-state index contributed by atoms with van der Waals surface area (Å²) in [6, 6.07) is 6.23. The Hall–Kier alpha value is -2.64. The lowest BCUT2D eigenvalue weighted by Crippen LogP contribution is -2.30. The third kappa shape index (κ3) is 2.92. The van der Waals surface area contributed by atoms with Crippen molar-refractivity contribution in [3.8, 4) is 11.3 Å². The number of nitrogens with one attached hydrogen (secondary N) is 1. The van der Waals surface area contributed by atoms with Gasteiger partial charge in [0.05, 0.1) is 33.8 Å². The minimum absolute atomic E-state index is 0.00887. The molecule has 1 N–H and O–H groups in total. The summed E-state index contributed by atoms with van der Waals surface area (Å²) in [5, 5.41) is 0.640. The van der Waals surface area contributed by atoms with Crippen molar-refractivity contribution in [2.24, 2.45) is 7.05 Å². The van der Waals surface area contributed by atoms with Crippen LogP contribution in [0.15, 0.2) is 33.9 Å². The molecule has 0 amide bonds. The summed E-state index contributed by atoms with van der Waals surface area (Å²) < 4.78 is 5.89. The van der Waals surface area contributed by atoms with Crippen LogP contribution in [0.3, 0.4) is 0 Å². The Balaban J connectivity index is 2.44. The number of rotatable bonds is 2. The van der Waals surface area contributed by atoms with Gasteiger partial charge in [0.2, 0.25) is 0 Å². The molecule has 9 heteroatoms. The molecule has 0 fully saturated rings. The predicted octanol–water partition coefficient (Wildman–Crippen LogP) is 2.38. The Morgan fingerprint density at radius 1 is 1.20 bits per heavy atom. The van der Waals surface area contributed by atoms with E-state index in [1.165, 1.54) is 20.2 Å². The van der Waals surface area contributed by atoms with Crippen molar-refractivity contribution in [3.63, 3.8) is 0 Å². The van der Waals surface area contributed by atoms with Crippen LogP contribution >= 0.6 is 23.2 Å². The number of aromatic nitrogens is 3. The normalized spacial score (nSPS) is 10.9. The van der Waals surface area contributed by atoms with Crippen LogP contribution in [0.2, 0.25) is 10.0 Å². The van der Waals surface area contributed by atoms with E-state index in [0.29, 0.717) is 21.3 Å². The standard InChI is InChI=1S/C16H11Cl2N3O4/c1-21-13-12(14(22)20-16(21)24)8(15(23)25-2)6-11(19-13)7-3-4-9(17)10(18)5-7/h3-6H,1-2H3,(H,20,22,24). The minimum Gasteiger partial charge on any atom is -0.465 e. The molecular weight excluding hydrogens is 369 g/mol. The number of benzene rings is 1. The smallest absolute Gasteiger partial charge is 0.338 e. The van der Waals surface area contributed by atoms with Gasteiger partial charge >= 0.3 is 11.7 Å². The quantitative estimate of drug-likeness (QED) is 0.689. The van der Waals surface area contributed by atoms with Crippen molar-refractivity contribution < 1.29 is 9.53 Å². The first kappa shape index (κ1) is 17.2. The number of carbonyl (C=O) groups excluding carboxylic acids is 1. The van der Waals surface area contributed by atoms with Crippen LogP contribution in [-0.4, -0.2) is 27.6 Å². The number of hydrogen-bond donors (Lipinski definition) is 1. The molecule has 0 bridgehead atoms. The molecule has 0 saturated carbocycles. The summed E-state index contributed by atoms with van der Waals surface area (Å²) in [4.78, 5) is 42.7. The monoisotopic (exact) mass is 379 g/mol. The van der Waals surface area contributed by atoms with E-state index in [-0.39, 0.29) is 16.6 Å². The van der Waals surface area contributed by atoms with Crippen LogP contribution in [0.25, 0.3) is 22.3 Å². The molecule has 128 valence electrons. The molecule has 0 saturated heterocycles. The van der Waals surface area contributed by atoms with Gasteiger partial charge in [0.25, 0.3) is 5.56 Å². The van der Waals surface area contributed by atoms with Crippen LogP contribution in [0.4, 0.5) is 0 Å². The highest BCUT2D eigenvalue weighted by Crippen LogP contribution is 2.29. The number of carbonyl (C=O) groups is 1. The molecule has 0 radical (unpaired) electrons. The molecule has 0 atom stereocenters. The minimum atomic E-state index is -0.724. The second kappa shape index (κ2) is 6.34. The highest BCUT2D eigenvalue weighted by atomic mass is 35.5. The van der Waals surface area contributed by atoms with Crippen molar-refractivity contribution in [3.05, 3.63) is 60.7 Å². The van der Waals surface area contributed by atoms with E-state index in [0.717, 1.165) is 4.57 Å². The van der Waals surface area contributed by atoms with Crippen molar-refractivity contribution in [2.45, 2.75) is 0 Å². The summed E-state index contributed by atoms with van der Waals surface area (Å²) in [6.45, 7) is 0. The lowest BCUT2D eigenvalue weighted by atomic mass is 10.1. The number of pyridine rings is 1. The van der Waals surface area contributed by atoms with Crippen LogP contribution in [0, 0.1) is 0 Å². The first-order valence-corrected chi connectivity index (χ1v) is 7.77. The van der Waals surface area contributed by atoms with Crippen LogP contribution in [0.5, 0.6) is 0 Å². The molecule has 0 unspecified atom stereocenters. The van der Waals surface area contributed by atoms with E-state index in [4.69, 9.17) is 27.9 Å². The Labute approximate surface area is 150 Å². The Morgan fingerprint density at radius 2 is 1.92 bits per heavy atom. The van der Waals surface area contributed by atoms with E-state index < -0.39 is 17.2 Å². The molecule has 0 aliphatic rings. The average Bonchev–Trinajstić information content (AvgIpc) is 2.60. The Bertz CT molecular complexity index is 1130. The number of methoxy groups -OCH3 is 1. The maximum absolute atomic E-state index is 12.2. The third-order valence-corrected chi connectivity index (χ3v) is 4.43. The van der Waals surface area contributed by atoms with Gasteiger partial charge in [0, 0.05) is 12.6 Å². The summed E-state index contributed by atoms with van der Waals surface area (Å²) in [5.74, 6) is -0.724. The summed E-state index contributed by atoms with van der Waals surface area (Å²) in [7, 11) is 2.64. The SMILES string of the molecule is COC(=O)c1cc(-c2ccc(Cl)c(Cl)c2)nc2c1c(=O)[nH]c(=O)n2C. The summed E-state index contributed by atoms with van der Waals surface area (Å²) >= 11 is 11.9. The molecule has 3 aromatic rings. The van der Waals surface area contributed by atoms with Gasteiger partial charge in [-0.3, -0.25) is 14.3 Å². The van der Waals surface area contributed by atoms with Gasteiger partial charge in [0.1, 0.15) is 0 Å². The summed E-state index contributed by atoms with van der Waals surface area (Å²) in [5.41, 5.74) is -0.414. The van der Waals surface area contributed by atoms with Gasteiger partial charge in [-0.15, -0.1) is 0 Å². The van der Waals surface area contributed by atoms with Crippen LogP contribution in [0.1, 0.15) is 10.4 Å². The highest BCUT2D eigenvalue weighted by molar-refractivity contribution is 6.42. The van der Waals surface area contributed by atoms with Crippen molar-refractivity contribution in [1.82, 2.24) is 14.5 Å². The maximum Gasteiger partial charge on any atom is 0.338 e. The third-order valence-electron chi connectivity index (χ3n) is 3.69. The number of aromatic amines is 1. The number of nitrogens with zero attached hydrogens (tertiary/aromatic N) is 2. The van der Waals surface area contributed by atoms with Crippen molar-refractivity contribution >= 4 is 40.2 Å². The number of aryl methyl sites for hydroxylation is 1. The molecule has 25 heavy (non-hydrogen) atoms. The van der Waals surface area contributed by atoms with E-state index >= 15 is 0 Å². The number of ether oxygens (including phenoxy) is 1. The zero-order valence-electron chi connectivity index (χ0n) is 13.1. The molecular formula is C16H11Cl2N3O4. The van der Waals surface area contributed by atoms with Gasteiger partial charge in [-0.05, 0) is 18.2 Å². The Kier molecular flexibility index (Phi) is 4.36. The molecule has 1 aromatic carbocycles. The lowest BCUT2D eigenvalue weighted by Gasteiger charge is -2.10. The lowest BCUT2D eigenvalue weighted by molar-refractivity contribution is 0.0603. The first-order chi connectivity index (χ1) is 11.8. The molecule has 2 heterocycles. The second-order valence-corrected chi connectivity index (χ2v) is 6.01. The van der Waals surface area contributed by atoms with Crippen LogP contribution in [-0.2, 0) is 11.8 Å². The van der Waals surface area contributed by atoms with Gasteiger partial charge < -0.3 is 4.74 Å². The number of esters is 1. The van der Waals surface area contributed by atoms with Crippen molar-refractivity contribution in [1.29, 1.82) is 0 Å². The van der Waals surface area contributed by atoms with Gasteiger partial charge in [-0.2, -0.15) is 0 Å². The zero-order chi connectivity index (χ0) is 18.3. The fourth-order valence-corrected chi connectivity index (χ4v) is 2.71. The first-order valence-electron chi connectivity index (χ1n) is 7.01. The molecule has 7 nitrogen and oxygen atoms in total. The highest BCUT2D eigenvalue weighted by Gasteiger charge is 2.19. The number of H-pyrrole nitrogens is 1. The number of fused-ring (bicyclic) bond motifs is 1. The van der Waals surface area contributed by atoms with E-state index in [1.807, 2.05) is 0 Å². The fourth-order valence-electron chi connectivity index (χ4n) is 2.41. The number of hydrogen-bond acceptors (Lipinski definition) is 5. The van der Waals surface area contributed by atoms with Gasteiger partial charge in [-0.1, -0.05) is 29.3 Å². The molecule has 0 spiro atoms. The van der Waals surface area contributed by atoms with Crippen LogP contribution < -0.4 is 11.2 Å². The van der Waals surface area contributed by atoms with E-state index in [9.17, 15) is 14.4 Å². The average molecular weight is 380 g/mol.